The van der Waals surface area contributed by atoms with Crippen LogP contribution in [0.4, 0.5) is 0 Å². The van der Waals surface area contributed by atoms with Gasteiger partial charge in [0.25, 0.3) is 0 Å². The summed E-state index contributed by atoms with van der Waals surface area (Å²) in [6.07, 6.45) is 2.93. The number of benzene rings is 1. The molecule has 0 amide bonds. The van der Waals surface area contributed by atoms with Crippen molar-refractivity contribution >= 4 is 10.9 Å². The van der Waals surface area contributed by atoms with Crippen LogP contribution in [0.3, 0.4) is 0 Å². The lowest BCUT2D eigenvalue weighted by Crippen LogP contribution is -2.05. The highest BCUT2D eigenvalue weighted by Gasteiger charge is 2.10. The fourth-order valence-electron chi connectivity index (χ4n) is 2.33. The number of ether oxygens (including phenoxy) is 1. The van der Waals surface area contributed by atoms with E-state index in [0.29, 0.717) is 18.3 Å². The van der Waals surface area contributed by atoms with Crippen molar-refractivity contribution in [1.29, 1.82) is 0 Å². The highest BCUT2D eigenvalue weighted by atomic mass is 16.5. The Morgan fingerprint density at radius 3 is 2.71 bits per heavy atom. The normalized spacial score (nSPS) is 11.4. The second-order valence-electron chi connectivity index (χ2n) is 5.24. The minimum absolute atomic E-state index is 0.155. The second kappa shape index (κ2) is 5.60. The summed E-state index contributed by atoms with van der Waals surface area (Å²) in [5, 5.41) is 9.17. The number of hydrogen-bond donors (Lipinski definition) is 0. The Bertz CT molecular complexity index is 743. The monoisotopic (exact) mass is 285 g/mol. The van der Waals surface area contributed by atoms with E-state index in [4.69, 9.17) is 9.15 Å². The lowest BCUT2D eigenvalue weighted by atomic mass is 10.2. The summed E-state index contributed by atoms with van der Waals surface area (Å²) in [7, 11) is 0. The minimum atomic E-state index is 0.155. The van der Waals surface area contributed by atoms with Crippen molar-refractivity contribution in [1.82, 2.24) is 14.8 Å². The molecule has 0 radical (unpaired) electrons. The number of rotatable bonds is 5. The Labute approximate surface area is 123 Å². The van der Waals surface area contributed by atoms with Crippen molar-refractivity contribution in [2.75, 3.05) is 0 Å². The maximum atomic E-state index is 5.85. The van der Waals surface area contributed by atoms with E-state index < -0.39 is 0 Å². The zero-order valence-corrected chi connectivity index (χ0v) is 12.5. The first-order valence-corrected chi connectivity index (χ1v) is 7.23. The van der Waals surface area contributed by atoms with Crippen molar-refractivity contribution < 1.29 is 9.15 Å². The molecule has 0 unspecified atom stereocenters. The lowest BCUT2D eigenvalue weighted by molar-refractivity contribution is 0.245. The van der Waals surface area contributed by atoms with Crippen LogP contribution < -0.4 is 4.74 Å². The van der Waals surface area contributed by atoms with Crippen LogP contribution in [-0.4, -0.2) is 20.9 Å². The fourth-order valence-corrected chi connectivity index (χ4v) is 2.33. The maximum Gasteiger partial charge on any atom is 0.236 e. The summed E-state index contributed by atoms with van der Waals surface area (Å²) in [6.45, 7) is 6.63. The molecule has 0 spiro atoms. The molecule has 21 heavy (non-hydrogen) atoms. The van der Waals surface area contributed by atoms with E-state index in [9.17, 15) is 0 Å². The molecule has 0 N–H and O–H groups in total. The summed E-state index contributed by atoms with van der Waals surface area (Å²) in [5.41, 5.74) is 1.10. The number of aryl methyl sites for hydroxylation is 1. The van der Waals surface area contributed by atoms with Gasteiger partial charge in [-0.15, -0.1) is 10.2 Å². The molecule has 2 heterocycles. The molecule has 0 saturated heterocycles. The number of hydrogen-bond acceptors (Lipinski definition) is 4. The third-order valence-corrected chi connectivity index (χ3v) is 3.25. The molecule has 1 aromatic carbocycles. The van der Waals surface area contributed by atoms with Gasteiger partial charge in [-0.3, -0.25) is 0 Å². The van der Waals surface area contributed by atoms with Gasteiger partial charge in [0, 0.05) is 18.0 Å². The summed E-state index contributed by atoms with van der Waals surface area (Å²) in [4.78, 5) is 0. The van der Waals surface area contributed by atoms with E-state index in [1.165, 1.54) is 0 Å². The highest BCUT2D eigenvalue weighted by molar-refractivity contribution is 5.86. The van der Waals surface area contributed by atoms with E-state index in [1.807, 2.05) is 39.1 Å². The molecule has 0 bridgehead atoms. The van der Waals surface area contributed by atoms with Gasteiger partial charge in [0.05, 0.1) is 11.6 Å². The van der Waals surface area contributed by atoms with Crippen LogP contribution in [0.2, 0.25) is 0 Å². The smallest absolute Gasteiger partial charge is 0.236 e. The quantitative estimate of drug-likeness (QED) is 0.720. The Morgan fingerprint density at radius 1 is 1.19 bits per heavy atom. The van der Waals surface area contributed by atoms with Crippen LogP contribution in [0.5, 0.6) is 5.75 Å². The van der Waals surface area contributed by atoms with Gasteiger partial charge in [-0.25, -0.2) is 0 Å². The summed E-state index contributed by atoms with van der Waals surface area (Å²) in [5.74, 6) is 2.20. The Hall–Kier alpha value is -2.30. The predicted molar refractivity (Wildman–Crippen MR) is 80.5 cm³/mol. The van der Waals surface area contributed by atoms with Crippen molar-refractivity contribution in [3.05, 3.63) is 42.2 Å². The molecular weight excluding hydrogens is 266 g/mol. The molecule has 0 fully saturated rings. The first kappa shape index (κ1) is 13.7. The molecule has 0 aliphatic rings. The summed E-state index contributed by atoms with van der Waals surface area (Å²) in [6, 6.07) is 8.13. The van der Waals surface area contributed by atoms with Crippen LogP contribution in [0.15, 0.2) is 34.9 Å². The van der Waals surface area contributed by atoms with Crippen LogP contribution in [0.1, 0.15) is 32.6 Å². The van der Waals surface area contributed by atoms with Crippen LogP contribution in [-0.2, 0) is 13.0 Å². The third-order valence-electron chi connectivity index (χ3n) is 3.25. The zero-order chi connectivity index (χ0) is 14.8. The molecule has 3 aromatic rings. The van der Waals surface area contributed by atoms with E-state index >= 15 is 0 Å². The van der Waals surface area contributed by atoms with Gasteiger partial charge < -0.3 is 13.7 Å². The van der Waals surface area contributed by atoms with Gasteiger partial charge in [-0.05, 0) is 32.0 Å². The molecule has 0 aliphatic carbocycles. The van der Waals surface area contributed by atoms with Gasteiger partial charge in [-0.2, -0.15) is 0 Å². The molecule has 5 heteroatoms. The standard InChI is InChI=1S/C16H19N3O2/c1-4-15-17-18-16(21-15)10-19-9-8-12-13(19)6-5-7-14(12)20-11(2)3/h5-9,11H,4,10H2,1-3H3. The lowest BCUT2D eigenvalue weighted by Gasteiger charge is -2.11. The van der Waals surface area contributed by atoms with Crippen molar-refractivity contribution in [3.63, 3.8) is 0 Å². The Morgan fingerprint density at radius 2 is 2.00 bits per heavy atom. The SMILES string of the molecule is CCc1nnc(Cn2ccc3c(OC(C)C)cccc32)o1. The molecular formula is C16H19N3O2. The molecule has 0 atom stereocenters. The molecule has 110 valence electrons. The first-order valence-electron chi connectivity index (χ1n) is 7.23. The average molecular weight is 285 g/mol. The molecule has 3 rings (SSSR count). The van der Waals surface area contributed by atoms with E-state index in [2.05, 4.69) is 26.9 Å². The van der Waals surface area contributed by atoms with Crippen LogP contribution in [0, 0.1) is 0 Å². The van der Waals surface area contributed by atoms with Crippen molar-refractivity contribution in [3.8, 4) is 5.75 Å². The maximum absolute atomic E-state index is 5.85. The van der Waals surface area contributed by atoms with Crippen molar-refractivity contribution in [2.24, 2.45) is 0 Å². The molecule has 2 aromatic heterocycles. The minimum Gasteiger partial charge on any atom is -0.490 e. The molecule has 5 nitrogen and oxygen atoms in total. The predicted octanol–water partition coefficient (Wildman–Crippen LogP) is 3.42. The first-order chi connectivity index (χ1) is 10.2. The van der Waals surface area contributed by atoms with Gasteiger partial charge in [0.1, 0.15) is 12.3 Å². The molecule has 0 saturated carbocycles. The van der Waals surface area contributed by atoms with E-state index in [1.54, 1.807) is 0 Å². The third kappa shape index (κ3) is 2.77. The van der Waals surface area contributed by atoms with E-state index in [0.717, 1.165) is 23.1 Å². The van der Waals surface area contributed by atoms with Gasteiger partial charge in [0.2, 0.25) is 11.8 Å². The second-order valence-corrected chi connectivity index (χ2v) is 5.24. The number of nitrogens with zero attached hydrogens (tertiary/aromatic N) is 3. The summed E-state index contributed by atoms with van der Waals surface area (Å²) < 4.78 is 13.5. The largest absolute Gasteiger partial charge is 0.490 e. The highest BCUT2D eigenvalue weighted by Crippen LogP contribution is 2.27. The summed E-state index contributed by atoms with van der Waals surface area (Å²) >= 11 is 0. The fraction of sp³-hybridized carbons (Fsp3) is 0.375. The number of fused-ring (bicyclic) bond motifs is 1. The van der Waals surface area contributed by atoms with Gasteiger partial charge in [-0.1, -0.05) is 13.0 Å². The van der Waals surface area contributed by atoms with Gasteiger partial charge >= 0.3 is 0 Å². The van der Waals surface area contributed by atoms with Crippen LogP contribution in [0.25, 0.3) is 10.9 Å². The molecule has 0 aliphatic heterocycles. The van der Waals surface area contributed by atoms with Gasteiger partial charge in [0.15, 0.2) is 0 Å². The number of aromatic nitrogens is 3. The van der Waals surface area contributed by atoms with Crippen LogP contribution >= 0.6 is 0 Å². The zero-order valence-electron chi connectivity index (χ0n) is 12.5. The average Bonchev–Trinajstić information content (AvgIpc) is 3.07. The Kier molecular flexibility index (Phi) is 3.64. The topological polar surface area (TPSA) is 53.1 Å². The Balaban J connectivity index is 1.93. The van der Waals surface area contributed by atoms with Crippen molar-refractivity contribution in [2.45, 2.75) is 39.8 Å². The van der Waals surface area contributed by atoms with E-state index in [-0.39, 0.29) is 6.10 Å².